The summed E-state index contributed by atoms with van der Waals surface area (Å²) in [4.78, 5) is 29.0. The van der Waals surface area contributed by atoms with E-state index in [1.54, 1.807) is 7.11 Å². The molecular formula is C29H26F3N3O4. The summed E-state index contributed by atoms with van der Waals surface area (Å²) >= 11 is 0. The predicted octanol–water partition coefficient (Wildman–Crippen LogP) is 4.94. The summed E-state index contributed by atoms with van der Waals surface area (Å²) < 4.78 is 48.6. The molecule has 10 heteroatoms. The minimum absolute atomic E-state index is 0.163. The van der Waals surface area contributed by atoms with E-state index in [4.69, 9.17) is 10.5 Å². The zero-order valence-corrected chi connectivity index (χ0v) is 21.1. The Morgan fingerprint density at radius 2 is 1.62 bits per heavy atom. The zero-order chi connectivity index (χ0) is 28.0. The van der Waals surface area contributed by atoms with Gasteiger partial charge in [0.15, 0.2) is 6.73 Å². The van der Waals surface area contributed by atoms with E-state index in [2.05, 4.69) is 9.72 Å². The number of ether oxygens (including phenoxy) is 2. The number of hydrogen-bond donors (Lipinski definition) is 1. The lowest BCUT2D eigenvalue weighted by atomic mass is 9.96. The number of benzene rings is 3. The van der Waals surface area contributed by atoms with Crippen molar-refractivity contribution in [2.75, 3.05) is 12.8 Å². The summed E-state index contributed by atoms with van der Waals surface area (Å²) in [5.41, 5.74) is 9.50. The average Bonchev–Trinajstić information content (AvgIpc) is 2.93. The third-order valence-corrected chi connectivity index (χ3v) is 6.17. The molecule has 0 saturated heterocycles. The first-order valence-electron chi connectivity index (χ1n) is 12.1. The van der Waals surface area contributed by atoms with Gasteiger partial charge in [0.05, 0.1) is 12.8 Å². The lowest BCUT2D eigenvalue weighted by Crippen LogP contribution is -2.33. The van der Waals surface area contributed by atoms with Gasteiger partial charge in [0.25, 0.3) is 5.56 Å². The second kappa shape index (κ2) is 11.8. The molecule has 202 valence electrons. The number of hydrogen-bond acceptors (Lipinski definition) is 6. The number of carbonyl (C=O) groups excluding carboxylic acids is 1. The van der Waals surface area contributed by atoms with Crippen molar-refractivity contribution in [3.05, 3.63) is 112 Å². The quantitative estimate of drug-likeness (QED) is 0.304. The van der Waals surface area contributed by atoms with Gasteiger partial charge in [-0.2, -0.15) is 13.2 Å². The van der Waals surface area contributed by atoms with Crippen molar-refractivity contribution in [3.63, 3.8) is 0 Å². The van der Waals surface area contributed by atoms with Crippen LogP contribution in [0.25, 0.3) is 11.1 Å². The van der Waals surface area contributed by atoms with Crippen molar-refractivity contribution >= 4 is 11.9 Å². The molecule has 7 nitrogen and oxygen atoms in total. The molecule has 0 spiro atoms. The van der Waals surface area contributed by atoms with E-state index in [0.29, 0.717) is 24.3 Å². The molecule has 0 atom stereocenters. The van der Waals surface area contributed by atoms with Crippen LogP contribution in [-0.2, 0) is 35.5 Å². The largest absolute Gasteiger partial charge is 0.496 e. The first kappa shape index (κ1) is 27.4. The fraction of sp³-hybridized carbons (Fsp3) is 0.207. The highest BCUT2D eigenvalue weighted by atomic mass is 19.4. The standard InChI is InChI=1S/C29H26F3N3O4/c1-38-25-21(13-8-14-22(25)20-11-6-3-7-12-20)15-16-24-23(17-19-9-4-2-5-10-19)26(36)35(28(33)34-24)18-39-27(37)29(30,31)32/h2-14H,15-18H2,1H3,(H2,33,34). The summed E-state index contributed by atoms with van der Waals surface area (Å²) in [5, 5.41) is 0. The highest BCUT2D eigenvalue weighted by molar-refractivity contribution is 5.75. The topological polar surface area (TPSA) is 96.4 Å². The van der Waals surface area contributed by atoms with E-state index < -0.39 is 24.4 Å². The molecule has 4 rings (SSSR count). The van der Waals surface area contributed by atoms with Crippen LogP contribution in [0.15, 0.2) is 83.7 Å². The number of alkyl halides is 3. The molecule has 1 heterocycles. The number of rotatable bonds is 9. The number of nitrogens with zero attached hydrogens (tertiary/aromatic N) is 2. The average molecular weight is 538 g/mol. The van der Waals surface area contributed by atoms with E-state index in [0.717, 1.165) is 26.8 Å². The van der Waals surface area contributed by atoms with Crippen LogP contribution in [0.1, 0.15) is 22.4 Å². The number of nitrogen functional groups attached to an aromatic ring is 1. The maximum Gasteiger partial charge on any atom is 0.490 e. The number of nitrogens with two attached hydrogens (primary N) is 1. The summed E-state index contributed by atoms with van der Waals surface area (Å²) in [6.45, 7) is -1.01. The van der Waals surface area contributed by atoms with Crippen LogP contribution in [0.5, 0.6) is 5.75 Å². The summed E-state index contributed by atoms with van der Waals surface area (Å²) in [7, 11) is 1.59. The van der Waals surface area contributed by atoms with Crippen LogP contribution in [0.2, 0.25) is 0 Å². The fourth-order valence-corrected chi connectivity index (χ4v) is 4.29. The van der Waals surface area contributed by atoms with E-state index >= 15 is 0 Å². The molecule has 0 aliphatic carbocycles. The number of carbonyl (C=O) groups is 1. The molecule has 0 fully saturated rings. The van der Waals surface area contributed by atoms with Gasteiger partial charge >= 0.3 is 12.1 Å². The molecule has 0 radical (unpaired) electrons. The molecule has 1 aromatic heterocycles. The Morgan fingerprint density at radius 3 is 2.26 bits per heavy atom. The van der Waals surface area contributed by atoms with E-state index in [9.17, 15) is 22.8 Å². The summed E-state index contributed by atoms with van der Waals surface area (Å²) in [6.07, 6.45) is -4.29. The van der Waals surface area contributed by atoms with Gasteiger partial charge in [-0.1, -0.05) is 78.9 Å². The molecule has 4 aromatic rings. The normalized spacial score (nSPS) is 11.3. The van der Waals surface area contributed by atoms with Gasteiger partial charge in [0, 0.05) is 17.5 Å². The lowest BCUT2D eigenvalue weighted by Gasteiger charge is -2.17. The number of esters is 1. The molecule has 39 heavy (non-hydrogen) atoms. The maximum atomic E-state index is 13.4. The van der Waals surface area contributed by atoms with E-state index in [-0.39, 0.29) is 17.9 Å². The zero-order valence-electron chi connectivity index (χ0n) is 21.1. The number of methoxy groups -OCH3 is 1. The van der Waals surface area contributed by atoms with Gasteiger partial charge in [-0.25, -0.2) is 14.3 Å². The van der Waals surface area contributed by atoms with Gasteiger partial charge < -0.3 is 15.2 Å². The molecule has 0 aliphatic heterocycles. The molecule has 2 N–H and O–H groups in total. The minimum atomic E-state index is -5.20. The highest BCUT2D eigenvalue weighted by Gasteiger charge is 2.41. The van der Waals surface area contributed by atoms with Crippen molar-refractivity contribution in [1.82, 2.24) is 9.55 Å². The molecular weight excluding hydrogens is 511 g/mol. The molecule has 0 amide bonds. The van der Waals surface area contributed by atoms with Crippen LogP contribution >= 0.6 is 0 Å². The summed E-state index contributed by atoms with van der Waals surface area (Å²) in [5.74, 6) is -2.09. The SMILES string of the molecule is COc1c(CCc2nc(N)n(COC(=O)C(F)(F)F)c(=O)c2Cc2ccccc2)cccc1-c1ccccc1. The molecule has 0 aliphatic rings. The van der Waals surface area contributed by atoms with Crippen LogP contribution < -0.4 is 16.0 Å². The third-order valence-electron chi connectivity index (χ3n) is 6.17. The van der Waals surface area contributed by atoms with Gasteiger partial charge in [-0.05, 0) is 29.5 Å². The first-order valence-corrected chi connectivity index (χ1v) is 12.1. The smallest absolute Gasteiger partial charge is 0.490 e. The Morgan fingerprint density at radius 1 is 0.949 bits per heavy atom. The number of aryl methyl sites for hydroxylation is 2. The lowest BCUT2D eigenvalue weighted by molar-refractivity contribution is -0.203. The van der Waals surface area contributed by atoms with Gasteiger partial charge in [0.2, 0.25) is 5.95 Å². The van der Waals surface area contributed by atoms with Crippen molar-refractivity contribution < 1.29 is 27.4 Å². The molecule has 0 unspecified atom stereocenters. The Kier molecular flexibility index (Phi) is 8.33. The highest BCUT2D eigenvalue weighted by Crippen LogP contribution is 2.33. The fourth-order valence-electron chi connectivity index (χ4n) is 4.29. The monoisotopic (exact) mass is 537 g/mol. The molecule has 0 saturated carbocycles. The number of halogens is 3. The second-order valence-electron chi connectivity index (χ2n) is 8.71. The van der Waals surface area contributed by atoms with Crippen LogP contribution in [-0.4, -0.2) is 28.8 Å². The van der Waals surface area contributed by atoms with Crippen molar-refractivity contribution in [2.24, 2.45) is 0 Å². The Bertz CT molecular complexity index is 1500. The second-order valence-corrected chi connectivity index (χ2v) is 8.71. The van der Waals surface area contributed by atoms with Crippen molar-refractivity contribution in [1.29, 1.82) is 0 Å². The Labute approximate surface area is 222 Å². The van der Waals surface area contributed by atoms with Crippen molar-refractivity contribution in [2.45, 2.75) is 32.2 Å². The van der Waals surface area contributed by atoms with Crippen molar-refractivity contribution in [3.8, 4) is 16.9 Å². The van der Waals surface area contributed by atoms with Gasteiger partial charge in [-0.15, -0.1) is 0 Å². The van der Waals surface area contributed by atoms with Gasteiger partial charge in [0.1, 0.15) is 5.75 Å². The van der Waals surface area contributed by atoms with E-state index in [1.165, 1.54) is 0 Å². The first-order chi connectivity index (χ1) is 18.7. The third kappa shape index (κ3) is 6.46. The number of anilines is 1. The predicted molar refractivity (Wildman–Crippen MR) is 140 cm³/mol. The molecule has 3 aromatic carbocycles. The summed E-state index contributed by atoms with van der Waals surface area (Å²) in [6, 6.07) is 24.6. The van der Waals surface area contributed by atoms with Crippen LogP contribution in [0.4, 0.5) is 19.1 Å². The van der Waals surface area contributed by atoms with Gasteiger partial charge in [-0.3, -0.25) is 4.79 Å². The maximum absolute atomic E-state index is 13.4. The Balaban J connectivity index is 1.68. The van der Waals surface area contributed by atoms with Crippen LogP contribution in [0.3, 0.4) is 0 Å². The van der Waals surface area contributed by atoms with Crippen LogP contribution in [0, 0.1) is 0 Å². The Hall–Kier alpha value is -4.60. The van der Waals surface area contributed by atoms with E-state index in [1.807, 2.05) is 78.9 Å². The number of para-hydroxylation sites is 1. The number of aromatic nitrogens is 2. The molecule has 0 bridgehead atoms. The minimum Gasteiger partial charge on any atom is -0.496 e.